The topological polar surface area (TPSA) is 77.9 Å². The van der Waals surface area contributed by atoms with Gasteiger partial charge in [0.1, 0.15) is 18.5 Å². The number of aryl methyl sites for hydroxylation is 1. The Hall–Kier alpha value is -1.94. The van der Waals surface area contributed by atoms with Crippen molar-refractivity contribution in [3.8, 4) is 5.75 Å². The van der Waals surface area contributed by atoms with Gasteiger partial charge in [-0.25, -0.2) is 4.98 Å². The lowest BCUT2D eigenvalue weighted by Crippen LogP contribution is -2.50. The summed E-state index contributed by atoms with van der Waals surface area (Å²) in [5.74, 6) is 0.594. The van der Waals surface area contributed by atoms with Crippen LogP contribution in [-0.4, -0.2) is 77.8 Å². The molecule has 2 heterocycles. The summed E-state index contributed by atoms with van der Waals surface area (Å²) in [7, 11) is 0. The van der Waals surface area contributed by atoms with E-state index in [4.69, 9.17) is 27.9 Å². The van der Waals surface area contributed by atoms with Gasteiger partial charge in [0, 0.05) is 43.8 Å². The zero-order chi connectivity index (χ0) is 23.4. The van der Waals surface area contributed by atoms with E-state index < -0.39 is 6.10 Å². The molecule has 0 saturated carbocycles. The van der Waals surface area contributed by atoms with E-state index in [1.165, 1.54) is 0 Å². The molecule has 2 aromatic carbocycles. The molecule has 176 valence electrons. The zero-order valence-corrected chi connectivity index (χ0v) is 20.6. The van der Waals surface area contributed by atoms with Crippen molar-refractivity contribution >= 4 is 56.3 Å². The van der Waals surface area contributed by atoms with Crippen LogP contribution in [-0.2, 0) is 4.79 Å². The van der Waals surface area contributed by atoms with Gasteiger partial charge in [-0.3, -0.25) is 14.6 Å². The van der Waals surface area contributed by atoms with Crippen molar-refractivity contribution in [1.82, 2.24) is 14.8 Å². The summed E-state index contributed by atoms with van der Waals surface area (Å²) in [6, 6.07) is 10.8. The number of piperazine rings is 1. The normalized spacial score (nSPS) is 16.1. The van der Waals surface area contributed by atoms with Crippen molar-refractivity contribution in [2.24, 2.45) is 0 Å². The Balaban J connectivity index is 1.17. The third kappa shape index (κ3) is 6.79. The Morgan fingerprint density at radius 1 is 1.18 bits per heavy atom. The van der Waals surface area contributed by atoms with Crippen molar-refractivity contribution in [2.75, 3.05) is 51.2 Å². The van der Waals surface area contributed by atoms with Gasteiger partial charge in [-0.05, 0) is 37.3 Å². The average molecular weight is 509 g/mol. The first kappa shape index (κ1) is 24.2. The number of anilines is 1. The van der Waals surface area contributed by atoms with Crippen molar-refractivity contribution in [3.05, 3.63) is 51.5 Å². The molecule has 3 aromatic rings. The number of fused-ring (bicyclic) bond motifs is 1. The van der Waals surface area contributed by atoms with Gasteiger partial charge in [0.25, 0.3) is 0 Å². The van der Waals surface area contributed by atoms with E-state index >= 15 is 0 Å². The van der Waals surface area contributed by atoms with Gasteiger partial charge < -0.3 is 15.2 Å². The van der Waals surface area contributed by atoms with Gasteiger partial charge in [-0.15, -0.1) is 11.3 Å². The third-order valence-electron chi connectivity index (χ3n) is 5.41. The highest BCUT2D eigenvalue weighted by molar-refractivity contribution is 7.18. The van der Waals surface area contributed by atoms with Gasteiger partial charge in [-0.1, -0.05) is 23.2 Å². The van der Waals surface area contributed by atoms with Crippen molar-refractivity contribution in [3.63, 3.8) is 0 Å². The maximum atomic E-state index is 12.4. The molecular formula is C23H26Cl2N4O3S. The Kier molecular flexibility index (Phi) is 8.06. The number of hydrogen-bond donors (Lipinski definition) is 2. The summed E-state index contributed by atoms with van der Waals surface area (Å²) in [4.78, 5) is 21.1. The molecule has 0 radical (unpaired) electrons. The number of aromatic nitrogens is 1. The first-order valence-corrected chi connectivity index (χ1v) is 12.3. The smallest absolute Gasteiger partial charge is 0.238 e. The number of carbonyl (C=O) groups is 1. The molecule has 0 spiro atoms. The molecule has 1 saturated heterocycles. The Labute approximate surface area is 206 Å². The Bertz CT molecular complexity index is 1120. The number of β-amino-alcohol motifs (C(OH)–C–C–N with tert-alkyl or cyclic N) is 1. The number of ether oxygens (including phenoxy) is 1. The van der Waals surface area contributed by atoms with Crippen LogP contribution in [0.1, 0.15) is 5.01 Å². The maximum Gasteiger partial charge on any atom is 0.238 e. The number of thiazole rings is 1. The summed E-state index contributed by atoms with van der Waals surface area (Å²) in [6.07, 6.45) is -0.597. The van der Waals surface area contributed by atoms with Gasteiger partial charge in [0.2, 0.25) is 5.91 Å². The summed E-state index contributed by atoms with van der Waals surface area (Å²) < 4.78 is 6.91. The second-order valence-corrected chi connectivity index (χ2v) is 10.2. The number of aliphatic hydroxyl groups is 1. The lowest BCUT2D eigenvalue weighted by Gasteiger charge is -2.35. The number of rotatable bonds is 8. The van der Waals surface area contributed by atoms with Crippen LogP contribution in [0.15, 0.2) is 36.4 Å². The quantitative estimate of drug-likeness (QED) is 0.480. The van der Waals surface area contributed by atoms with Crippen LogP contribution in [0.3, 0.4) is 0 Å². The van der Waals surface area contributed by atoms with Crippen LogP contribution >= 0.6 is 34.5 Å². The van der Waals surface area contributed by atoms with Gasteiger partial charge in [-0.2, -0.15) is 0 Å². The molecule has 1 fully saturated rings. The average Bonchev–Trinajstić information content (AvgIpc) is 3.15. The second-order valence-electron chi connectivity index (χ2n) is 8.08. The second kappa shape index (κ2) is 11.0. The van der Waals surface area contributed by atoms with Crippen LogP contribution in [0.5, 0.6) is 5.75 Å². The minimum Gasteiger partial charge on any atom is -0.491 e. The standard InChI is InChI=1S/C23H26Cl2N4O3S/c1-15-26-21-11-18(3-5-22(21)33-15)32-14-17(30)12-28-6-8-29(9-7-28)13-23(31)27-20-4-2-16(24)10-19(20)25/h2-5,10-11,17,30H,6-9,12-14H2,1H3,(H,27,31)/t17-/m1/s1. The molecule has 33 heavy (non-hydrogen) atoms. The molecule has 1 aliphatic heterocycles. The Morgan fingerprint density at radius 3 is 2.70 bits per heavy atom. The van der Waals surface area contributed by atoms with Gasteiger partial charge in [0.15, 0.2) is 0 Å². The molecule has 1 aliphatic rings. The third-order valence-corrected chi connectivity index (χ3v) is 6.91. The van der Waals surface area contributed by atoms with Crippen molar-refractivity contribution < 1.29 is 14.6 Å². The molecule has 0 bridgehead atoms. The number of nitrogens with zero attached hydrogens (tertiary/aromatic N) is 3. The Morgan fingerprint density at radius 2 is 1.94 bits per heavy atom. The molecule has 0 unspecified atom stereocenters. The van der Waals surface area contributed by atoms with E-state index in [-0.39, 0.29) is 19.1 Å². The molecule has 2 N–H and O–H groups in total. The molecule has 4 rings (SSSR count). The summed E-state index contributed by atoms with van der Waals surface area (Å²) >= 11 is 13.7. The summed E-state index contributed by atoms with van der Waals surface area (Å²) in [5.41, 5.74) is 1.47. The van der Waals surface area contributed by atoms with Crippen LogP contribution in [0.2, 0.25) is 10.0 Å². The maximum absolute atomic E-state index is 12.4. The predicted octanol–water partition coefficient (Wildman–Crippen LogP) is 3.91. The van der Waals surface area contributed by atoms with Gasteiger partial charge in [0.05, 0.1) is 32.5 Å². The molecule has 0 aliphatic carbocycles. The predicted molar refractivity (Wildman–Crippen MR) is 134 cm³/mol. The highest BCUT2D eigenvalue weighted by atomic mass is 35.5. The highest BCUT2D eigenvalue weighted by Gasteiger charge is 2.21. The minimum absolute atomic E-state index is 0.117. The fourth-order valence-corrected chi connectivity index (χ4v) is 5.03. The molecule has 1 amide bonds. The SMILES string of the molecule is Cc1nc2cc(OC[C@H](O)CN3CCN(CC(=O)Nc4ccc(Cl)cc4Cl)CC3)ccc2s1. The molecule has 10 heteroatoms. The van der Waals surface area contributed by atoms with Crippen LogP contribution in [0, 0.1) is 6.92 Å². The van der Waals surface area contributed by atoms with Crippen molar-refractivity contribution in [1.29, 1.82) is 0 Å². The molecule has 1 aromatic heterocycles. The van der Waals surface area contributed by atoms with Crippen LogP contribution in [0.4, 0.5) is 5.69 Å². The van der Waals surface area contributed by atoms with E-state index in [1.807, 2.05) is 25.1 Å². The fourth-order valence-electron chi connectivity index (χ4n) is 3.77. The van der Waals surface area contributed by atoms with E-state index in [9.17, 15) is 9.90 Å². The molecule has 1 atom stereocenters. The number of benzene rings is 2. The first-order valence-electron chi connectivity index (χ1n) is 10.7. The summed E-state index contributed by atoms with van der Waals surface area (Å²) in [6.45, 7) is 6.06. The lowest BCUT2D eigenvalue weighted by atomic mass is 10.2. The van der Waals surface area contributed by atoms with E-state index in [2.05, 4.69) is 20.1 Å². The lowest BCUT2D eigenvalue weighted by molar-refractivity contribution is -0.117. The first-order chi connectivity index (χ1) is 15.9. The number of nitrogens with one attached hydrogen (secondary N) is 1. The van der Waals surface area contributed by atoms with Crippen molar-refractivity contribution in [2.45, 2.75) is 13.0 Å². The minimum atomic E-state index is -0.597. The highest BCUT2D eigenvalue weighted by Crippen LogP contribution is 2.26. The number of hydrogen-bond acceptors (Lipinski definition) is 7. The molecule has 7 nitrogen and oxygen atoms in total. The van der Waals surface area contributed by atoms with E-state index in [0.29, 0.717) is 28.0 Å². The number of carbonyl (C=O) groups excluding carboxylic acids is 1. The van der Waals surface area contributed by atoms with Crippen LogP contribution < -0.4 is 10.1 Å². The molecular weight excluding hydrogens is 483 g/mol. The number of halogens is 2. The zero-order valence-electron chi connectivity index (χ0n) is 18.3. The number of aliphatic hydroxyl groups excluding tert-OH is 1. The van der Waals surface area contributed by atoms with Gasteiger partial charge >= 0.3 is 0 Å². The van der Waals surface area contributed by atoms with Crippen LogP contribution in [0.25, 0.3) is 10.2 Å². The summed E-state index contributed by atoms with van der Waals surface area (Å²) in [5, 5.41) is 15.2. The fraction of sp³-hybridized carbons (Fsp3) is 0.391. The van der Waals surface area contributed by atoms with E-state index in [0.717, 1.165) is 41.4 Å². The largest absolute Gasteiger partial charge is 0.491 e. The number of amides is 1. The monoisotopic (exact) mass is 508 g/mol. The van der Waals surface area contributed by atoms with E-state index in [1.54, 1.807) is 29.5 Å².